The quantitative estimate of drug-likeness (QED) is 0.606. The van der Waals surface area contributed by atoms with E-state index < -0.39 is 23.6 Å². The summed E-state index contributed by atoms with van der Waals surface area (Å²) < 4.78 is 39.6. The predicted octanol–water partition coefficient (Wildman–Crippen LogP) is 4.93. The van der Waals surface area contributed by atoms with Crippen molar-refractivity contribution in [2.24, 2.45) is 5.73 Å². The van der Waals surface area contributed by atoms with E-state index in [0.717, 1.165) is 55.7 Å². The van der Waals surface area contributed by atoms with Crippen LogP contribution in [0.1, 0.15) is 47.1 Å². The summed E-state index contributed by atoms with van der Waals surface area (Å²) in [5.74, 6) is -1.78. The molecule has 3 nitrogen and oxygen atoms in total. The van der Waals surface area contributed by atoms with Crippen molar-refractivity contribution in [2.45, 2.75) is 31.3 Å². The minimum absolute atomic E-state index is 0.422. The number of nitrogens with zero attached hydrogens (tertiary/aromatic N) is 2. The van der Waals surface area contributed by atoms with Gasteiger partial charge < -0.3 is 5.73 Å². The molecule has 2 N–H and O–H groups in total. The Labute approximate surface area is 174 Å². The Morgan fingerprint density at radius 2 is 1.60 bits per heavy atom. The lowest BCUT2D eigenvalue weighted by Crippen LogP contribution is -2.32. The minimum atomic E-state index is -0.889. The molecule has 156 valence electrons. The molecule has 1 aliphatic heterocycles. The van der Waals surface area contributed by atoms with E-state index in [0.29, 0.717) is 11.5 Å². The van der Waals surface area contributed by atoms with E-state index in [2.05, 4.69) is 9.88 Å². The first-order chi connectivity index (χ1) is 14.5. The van der Waals surface area contributed by atoms with Crippen LogP contribution >= 0.6 is 0 Å². The molecule has 0 spiro atoms. The monoisotopic (exact) mass is 411 g/mol. The molecular formula is C24H24F3N3. The van der Waals surface area contributed by atoms with Crippen LogP contribution in [0.25, 0.3) is 0 Å². The molecule has 4 rings (SSSR count). The molecule has 1 aromatic heterocycles. The summed E-state index contributed by atoms with van der Waals surface area (Å²) in [6.07, 6.45) is 3.68. The third-order valence-electron chi connectivity index (χ3n) is 5.86. The lowest BCUT2D eigenvalue weighted by molar-refractivity contribution is 0.204. The van der Waals surface area contributed by atoms with Gasteiger partial charge in [0, 0.05) is 12.7 Å². The number of likely N-dealkylation sites (tertiary alicyclic amines) is 1. The largest absolute Gasteiger partial charge is 0.320 e. The van der Waals surface area contributed by atoms with Crippen molar-refractivity contribution in [3.63, 3.8) is 0 Å². The van der Waals surface area contributed by atoms with Gasteiger partial charge in [0.25, 0.3) is 0 Å². The predicted molar refractivity (Wildman–Crippen MR) is 110 cm³/mol. The lowest BCUT2D eigenvalue weighted by Gasteiger charge is -2.32. The van der Waals surface area contributed by atoms with Crippen molar-refractivity contribution in [2.75, 3.05) is 13.1 Å². The van der Waals surface area contributed by atoms with Gasteiger partial charge in [-0.05, 0) is 72.3 Å². The van der Waals surface area contributed by atoms with Gasteiger partial charge in [-0.3, -0.25) is 4.90 Å². The van der Waals surface area contributed by atoms with E-state index in [9.17, 15) is 13.2 Å². The molecule has 1 saturated heterocycles. The number of hydrogen-bond donors (Lipinski definition) is 1. The zero-order valence-corrected chi connectivity index (χ0v) is 16.6. The number of nitrogens with two attached hydrogens (primary N) is 1. The number of rotatable bonds is 5. The first-order valence-corrected chi connectivity index (χ1v) is 10.1. The molecule has 1 fully saturated rings. The highest BCUT2D eigenvalue weighted by Gasteiger charge is 2.21. The summed E-state index contributed by atoms with van der Waals surface area (Å²) in [4.78, 5) is 6.17. The standard InChI is InChI=1S/C24H24F3N3/c25-21-7-5-19(13-22(21)26)24(28)18-3-1-16(2-4-18)15-30-11-9-17(10-12-30)20-6-8-23(27)29-14-20/h1-8,13-14,17,24H,9-12,15,28H2. The maximum absolute atomic E-state index is 13.5. The smallest absolute Gasteiger partial charge is 0.212 e. The Morgan fingerprint density at radius 3 is 2.23 bits per heavy atom. The van der Waals surface area contributed by atoms with Crippen LogP contribution in [0.2, 0.25) is 0 Å². The summed E-state index contributed by atoms with van der Waals surface area (Å²) in [7, 11) is 0. The van der Waals surface area contributed by atoms with E-state index in [1.165, 1.54) is 17.7 Å². The van der Waals surface area contributed by atoms with Gasteiger partial charge in [-0.1, -0.05) is 36.4 Å². The van der Waals surface area contributed by atoms with Crippen molar-refractivity contribution >= 4 is 0 Å². The fraction of sp³-hybridized carbons (Fsp3) is 0.292. The molecule has 2 heterocycles. The molecule has 3 aromatic rings. The summed E-state index contributed by atoms with van der Waals surface area (Å²) in [6.45, 7) is 2.78. The number of aromatic nitrogens is 1. The van der Waals surface area contributed by atoms with Crippen molar-refractivity contribution in [1.82, 2.24) is 9.88 Å². The molecule has 6 heteroatoms. The number of benzene rings is 2. The second kappa shape index (κ2) is 8.98. The highest BCUT2D eigenvalue weighted by molar-refractivity contribution is 5.33. The van der Waals surface area contributed by atoms with Crippen LogP contribution in [-0.2, 0) is 6.54 Å². The van der Waals surface area contributed by atoms with Gasteiger partial charge in [0.1, 0.15) is 0 Å². The molecule has 2 aromatic carbocycles. The lowest BCUT2D eigenvalue weighted by atomic mass is 9.90. The molecule has 0 amide bonds. The van der Waals surface area contributed by atoms with Gasteiger partial charge in [-0.15, -0.1) is 0 Å². The van der Waals surface area contributed by atoms with Crippen molar-refractivity contribution in [1.29, 1.82) is 0 Å². The van der Waals surface area contributed by atoms with E-state index in [1.807, 2.05) is 30.3 Å². The number of halogens is 3. The zero-order chi connectivity index (χ0) is 21.1. The Bertz CT molecular complexity index is 982. The Hall–Kier alpha value is -2.70. The topological polar surface area (TPSA) is 42.1 Å². The second-order valence-corrected chi connectivity index (χ2v) is 7.86. The van der Waals surface area contributed by atoms with E-state index in [1.54, 1.807) is 6.20 Å². The summed E-state index contributed by atoms with van der Waals surface area (Å²) >= 11 is 0. The number of pyridine rings is 1. The van der Waals surface area contributed by atoms with Crippen LogP contribution in [0.5, 0.6) is 0 Å². The van der Waals surface area contributed by atoms with E-state index in [4.69, 9.17) is 5.73 Å². The van der Waals surface area contributed by atoms with Crippen molar-refractivity contribution < 1.29 is 13.2 Å². The molecule has 1 aliphatic rings. The first kappa shape index (κ1) is 20.6. The summed E-state index contributed by atoms with van der Waals surface area (Å²) in [6, 6.07) is 14.5. The second-order valence-electron chi connectivity index (χ2n) is 7.86. The fourth-order valence-corrected chi connectivity index (χ4v) is 4.04. The van der Waals surface area contributed by atoms with Gasteiger partial charge >= 0.3 is 0 Å². The molecule has 0 aliphatic carbocycles. The highest BCUT2D eigenvalue weighted by atomic mass is 19.2. The van der Waals surface area contributed by atoms with Crippen LogP contribution in [0, 0.1) is 17.6 Å². The Balaban J connectivity index is 1.34. The normalized spacial score (nSPS) is 16.5. The number of piperidine rings is 1. The fourth-order valence-electron chi connectivity index (χ4n) is 4.04. The van der Waals surface area contributed by atoms with E-state index >= 15 is 0 Å². The molecule has 1 atom stereocenters. The average molecular weight is 411 g/mol. The maximum atomic E-state index is 13.5. The van der Waals surface area contributed by atoms with E-state index in [-0.39, 0.29) is 0 Å². The summed E-state index contributed by atoms with van der Waals surface area (Å²) in [5.41, 5.74) is 9.90. The molecule has 0 radical (unpaired) electrons. The van der Waals surface area contributed by atoms with Crippen LogP contribution in [0.4, 0.5) is 13.2 Å². The molecule has 30 heavy (non-hydrogen) atoms. The Morgan fingerprint density at radius 1 is 0.900 bits per heavy atom. The highest BCUT2D eigenvalue weighted by Crippen LogP contribution is 2.28. The van der Waals surface area contributed by atoms with Gasteiger partial charge in [0.2, 0.25) is 5.95 Å². The Kier molecular flexibility index (Phi) is 6.16. The summed E-state index contributed by atoms with van der Waals surface area (Å²) in [5, 5.41) is 0. The van der Waals surface area contributed by atoms with Crippen LogP contribution in [0.15, 0.2) is 60.8 Å². The SMILES string of the molecule is NC(c1ccc(CN2CCC(c3ccc(F)nc3)CC2)cc1)c1ccc(F)c(F)c1. The first-order valence-electron chi connectivity index (χ1n) is 10.1. The maximum Gasteiger partial charge on any atom is 0.212 e. The minimum Gasteiger partial charge on any atom is -0.320 e. The third-order valence-corrected chi connectivity index (χ3v) is 5.86. The third kappa shape index (κ3) is 4.71. The van der Waals surface area contributed by atoms with Gasteiger partial charge in [-0.2, -0.15) is 4.39 Å². The average Bonchev–Trinajstić information content (AvgIpc) is 2.77. The van der Waals surface area contributed by atoms with Crippen LogP contribution in [-0.4, -0.2) is 23.0 Å². The van der Waals surface area contributed by atoms with Crippen LogP contribution < -0.4 is 5.73 Å². The van der Waals surface area contributed by atoms with Gasteiger partial charge in [-0.25, -0.2) is 13.8 Å². The van der Waals surface area contributed by atoms with Crippen LogP contribution in [0.3, 0.4) is 0 Å². The molecule has 0 saturated carbocycles. The zero-order valence-electron chi connectivity index (χ0n) is 16.6. The van der Waals surface area contributed by atoms with Gasteiger partial charge in [0.15, 0.2) is 11.6 Å². The van der Waals surface area contributed by atoms with Crippen molar-refractivity contribution in [3.05, 3.63) is 101 Å². The molecule has 1 unspecified atom stereocenters. The molecular weight excluding hydrogens is 387 g/mol. The molecule has 0 bridgehead atoms. The van der Waals surface area contributed by atoms with Gasteiger partial charge in [0.05, 0.1) is 6.04 Å². The van der Waals surface area contributed by atoms with Crippen molar-refractivity contribution in [3.8, 4) is 0 Å². The number of hydrogen-bond acceptors (Lipinski definition) is 3.